The highest BCUT2D eigenvalue weighted by Crippen LogP contribution is 2.29. The molecule has 11 heteroatoms. The average Bonchev–Trinajstić information content (AvgIpc) is 3.06. The third kappa shape index (κ3) is 3.71. The molecular weight excluding hydrogens is 356 g/mol. The van der Waals surface area contributed by atoms with Crippen molar-refractivity contribution in [3.8, 4) is 0 Å². The van der Waals surface area contributed by atoms with Gasteiger partial charge in [0.25, 0.3) is 11.7 Å². The number of benzene rings is 1. The first kappa shape index (κ1) is 17.6. The predicted octanol–water partition coefficient (Wildman–Crippen LogP) is 2.12. The minimum atomic E-state index is -4.64. The highest BCUT2D eigenvalue weighted by atomic mass is 19.4. The minimum Gasteiger partial charge on any atom is -0.368 e. The van der Waals surface area contributed by atoms with Gasteiger partial charge in [0.2, 0.25) is 0 Å². The van der Waals surface area contributed by atoms with Crippen molar-refractivity contribution in [1.82, 2.24) is 24.9 Å². The van der Waals surface area contributed by atoms with Crippen molar-refractivity contribution in [3.63, 3.8) is 0 Å². The number of nitrogens with zero attached hydrogens (tertiary/aromatic N) is 4. The third-order valence-corrected chi connectivity index (χ3v) is 3.38. The van der Waals surface area contributed by atoms with Gasteiger partial charge in [-0.15, -0.1) is 0 Å². The molecular formula is C15H12F4N6O. The van der Waals surface area contributed by atoms with Crippen molar-refractivity contribution in [2.75, 3.05) is 18.4 Å². The van der Waals surface area contributed by atoms with Gasteiger partial charge >= 0.3 is 6.18 Å². The van der Waals surface area contributed by atoms with E-state index in [1.165, 1.54) is 18.2 Å². The second-order valence-electron chi connectivity index (χ2n) is 5.16. The molecule has 0 unspecified atom stereocenters. The lowest BCUT2D eigenvalue weighted by molar-refractivity contribution is -0.141. The van der Waals surface area contributed by atoms with Gasteiger partial charge in [0.1, 0.15) is 18.0 Å². The van der Waals surface area contributed by atoms with Crippen LogP contribution in [-0.2, 0) is 6.18 Å². The Hall–Kier alpha value is -3.24. The van der Waals surface area contributed by atoms with Crippen LogP contribution in [0.25, 0.3) is 5.78 Å². The molecule has 0 radical (unpaired) electrons. The van der Waals surface area contributed by atoms with E-state index in [0.717, 1.165) is 23.0 Å². The molecule has 136 valence electrons. The van der Waals surface area contributed by atoms with Crippen molar-refractivity contribution >= 4 is 17.5 Å². The Labute approximate surface area is 144 Å². The van der Waals surface area contributed by atoms with Crippen LogP contribution in [0.2, 0.25) is 0 Å². The Balaban J connectivity index is 1.66. The van der Waals surface area contributed by atoms with Crippen molar-refractivity contribution in [2.45, 2.75) is 6.18 Å². The van der Waals surface area contributed by atoms with E-state index in [-0.39, 0.29) is 30.2 Å². The Kier molecular flexibility index (Phi) is 4.69. The number of carbonyl (C=O) groups is 1. The summed E-state index contributed by atoms with van der Waals surface area (Å²) in [5, 5.41) is 8.98. The van der Waals surface area contributed by atoms with E-state index in [4.69, 9.17) is 0 Å². The summed E-state index contributed by atoms with van der Waals surface area (Å²) in [6, 6.07) is 6.26. The van der Waals surface area contributed by atoms with Crippen molar-refractivity contribution in [1.29, 1.82) is 0 Å². The number of nitrogens with one attached hydrogen (secondary N) is 2. The summed E-state index contributed by atoms with van der Waals surface area (Å²) in [6.45, 7) is 0.128. The van der Waals surface area contributed by atoms with Crippen LogP contribution >= 0.6 is 0 Å². The number of rotatable bonds is 5. The first-order chi connectivity index (χ1) is 12.4. The second kappa shape index (κ2) is 6.94. The summed E-state index contributed by atoms with van der Waals surface area (Å²) in [5.41, 5.74) is -1.23. The van der Waals surface area contributed by atoms with Crippen molar-refractivity contribution in [2.24, 2.45) is 0 Å². The van der Waals surface area contributed by atoms with Crippen LogP contribution in [0.3, 0.4) is 0 Å². The SMILES string of the molecule is O=C(NCCNc1cc(C(F)(F)F)nc2ncnn12)c1ccccc1F. The van der Waals surface area contributed by atoms with Gasteiger partial charge in [-0.2, -0.15) is 27.8 Å². The van der Waals surface area contributed by atoms with Crippen LogP contribution in [0.5, 0.6) is 0 Å². The molecule has 3 rings (SSSR count). The molecule has 1 amide bonds. The predicted molar refractivity (Wildman–Crippen MR) is 83.0 cm³/mol. The zero-order valence-electron chi connectivity index (χ0n) is 13.1. The number of amides is 1. The number of aromatic nitrogens is 4. The van der Waals surface area contributed by atoms with E-state index in [2.05, 4.69) is 25.7 Å². The number of hydrogen-bond acceptors (Lipinski definition) is 5. The zero-order chi connectivity index (χ0) is 18.7. The quantitative estimate of drug-likeness (QED) is 0.532. The number of fused-ring (bicyclic) bond motifs is 1. The summed E-state index contributed by atoms with van der Waals surface area (Å²) in [7, 11) is 0. The molecule has 2 heterocycles. The summed E-state index contributed by atoms with van der Waals surface area (Å²) in [5.74, 6) is -1.48. The monoisotopic (exact) mass is 368 g/mol. The van der Waals surface area contributed by atoms with Crippen LogP contribution in [0, 0.1) is 5.82 Å². The van der Waals surface area contributed by atoms with Gasteiger partial charge in [-0.25, -0.2) is 9.37 Å². The number of anilines is 1. The van der Waals surface area contributed by atoms with Gasteiger partial charge in [0, 0.05) is 19.2 Å². The summed E-state index contributed by atoms with van der Waals surface area (Å²) < 4.78 is 53.3. The van der Waals surface area contributed by atoms with E-state index >= 15 is 0 Å². The Morgan fingerprint density at radius 2 is 1.96 bits per heavy atom. The molecule has 0 bridgehead atoms. The fourth-order valence-corrected chi connectivity index (χ4v) is 2.19. The third-order valence-electron chi connectivity index (χ3n) is 3.38. The zero-order valence-corrected chi connectivity index (χ0v) is 13.1. The summed E-state index contributed by atoms with van der Waals surface area (Å²) in [4.78, 5) is 18.9. The molecule has 0 fully saturated rings. The lowest BCUT2D eigenvalue weighted by Gasteiger charge is -2.12. The smallest absolute Gasteiger partial charge is 0.368 e. The summed E-state index contributed by atoms with van der Waals surface area (Å²) in [6.07, 6.45) is -3.56. The van der Waals surface area contributed by atoms with E-state index in [1.54, 1.807) is 0 Å². The maximum absolute atomic E-state index is 13.5. The fraction of sp³-hybridized carbons (Fsp3) is 0.200. The molecule has 0 saturated heterocycles. The Bertz CT molecular complexity index is 939. The van der Waals surface area contributed by atoms with Crippen LogP contribution in [0.4, 0.5) is 23.4 Å². The van der Waals surface area contributed by atoms with Crippen molar-refractivity contribution < 1.29 is 22.4 Å². The minimum absolute atomic E-state index is 0.0139. The normalized spacial score (nSPS) is 11.5. The lowest BCUT2D eigenvalue weighted by atomic mass is 10.2. The topological polar surface area (TPSA) is 84.2 Å². The Morgan fingerprint density at radius 1 is 1.19 bits per heavy atom. The van der Waals surface area contributed by atoms with Gasteiger partial charge in [0.15, 0.2) is 5.69 Å². The van der Waals surface area contributed by atoms with Gasteiger partial charge in [-0.1, -0.05) is 12.1 Å². The largest absolute Gasteiger partial charge is 0.433 e. The number of carbonyl (C=O) groups excluding carboxylic acids is 1. The van der Waals surface area contributed by atoms with Gasteiger partial charge in [-0.3, -0.25) is 4.79 Å². The lowest BCUT2D eigenvalue weighted by Crippen LogP contribution is -2.29. The molecule has 0 aliphatic rings. The van der Waals surface area contributed by atoms with Gasteiger partial charge < -0.3 is 10.6 Å². The van der Waals surface area contributed by atoms with E-state index in [0.29, 0.717) is 0 Å². The molecule has 3 aromatic rings. The first-order valence-electron chi connectivity index (χ1n) is 7.41. The molecule has 26 heavy (non-hydrogen) atoms. The maximum atomic E-state index is 13.5. The highest BCUT2D eigenvalue weighted by Gasteiger charge is 2.34. The molecule has 7 nitrogen and oxygen atoms in total. The van der Waals surface area contributed by atoms with E-state index in [9.17, 15) is 22.4 Å². The molecule has 0 aliphatic carbocycles. The van der Waals surface area contributed by atoms with Crippen molar-refractivity contribution in [3.05, 3.63) is 53.7 Å². The maximum Gasteiger partial charge on any atom is 0.433 e. The van der Waals surface area contributed by atoms with Gasteiger partial charge in [0.05, 0.1) is 5.56 Å². The van der Waals surface area contributed by atoms with E-state index in [1.807, 2.05) is 0 Å². The van der Waals surface area contributed by atoms with Crippen LogP contribution in [0.15, 0.2) is 36.7 Å². The first-order valence-corrected chi connectivity index (χ1v) is 7.41. The molecule has 0 saturated carbocycles. The summed E-state index contributed by atoms with van der Waals surface area (Å²) >= 11 is 0. The molecule has 1 aromatic carbocycles. The Morgan fingerprint density at radius 3 is 2.69 bits per heavy atom. The molecule has 2 N–H and O–H groups in total. The fourth-order valence-electron chi connectivity index (χ4n) is 2.19. The standard InChI is InChI=1S/C15H12F4N6O/c16-10-4-2-1-3-9(10)13(26)21-6-5-20-12-7-11(15(17,18)19)24-14-22-8-23-25(12)14/h1-4,7-8,20H,5-6H2,(H,21,26). The molecule has 0 aliphatic heterocycles. The molecule has 2 aromatic heterocycles. The molecule has 0 spiro atoms. The van der Waals surface area contributed by atoms with Gasteiger partial charge in [-0.05, 0) is 12.1 Å². The average molecular weight is 368 g/mol. The molecule has 0 atom stereocenters. The highest BCUT2D eigenvalue weighted by molar-refractivity contribution is 5.94. The van der Waals surface area contributed by atoms with Crippen LogP contribution in [0.1, 0.15) is 16.1 Å². The number of alkyl halides is 3. The van der Waals surface area contributed by atoms with Crippen LogP contribution < -0.4 is 10.6 Å². The second-order valence-corrected chi connectivity index (χ2v) is 5.16. The van der Waals surface area contributed by atoms with Crippen LogP contribution in [-0.4, -0.2) is 38.6 Å². The number of halogens is 4. The number of hydrogen-bond donors (Lipinski definition) is 2. The van der Waals surface area contributed by atoms with E-state index < -0.39 is 23.6 Å².